The average molecular weight is 593 g/mol. The van der Waals surface area contributed by atoms with Crippen LogP contribution in [0.15, 0.2) is 42.5 Å². The van der Waals surface area contributed by atoms with E-state index in [1.54, 1.807) is 25.3 Å². The molecule has 0 amide bonds. The molecule has 5 atom stereocenters. The van der Waals surface area contributed by atoms with Crippen molar-refractivity contribution in [2.75, 3.05) is 20.8 Å². The standard InChI is InChI=1S/C29H33ClO11/c1-16(31)37-15-25-26(38-17(2)32)27(39-18(3)33)28(40-19(4)34)29(36-6,41-25)22-9-12-24(30)21(14-22)13-20-7-10-23(35-5)11-8-20/h7-12,14,25-28H,13,15H2,1-6H3/t25-,26-,27+,28-,29?/m1/s1. The Hall–Kier alpha value is -3.67. The zero-order chi connectivity index (χ0) is 30.3. The lowest BCUT2D eigenvalue weighted by Gasteiger charge is -2.50. The van der Waals surface area contributed by atoms with Crippen LogP contribution in [-0.4, -0.2) is 69.1 Å². The Labute approximate surface area is 242 Å². The molecule has 0 N–H and O–H groups in total. The van der Waals surface area contributed by atoms with E-state index >= 15 is 0 Å². The third kappa shape index (κ3) is 7.75. The van der Waals surface area contributed by atoms with E-state index in [0.717, 1.165) is 26.3 Å². The monoisotopic (exact) mass is 592 g/mol. The van der Waals surface area contributed by atoms with Crippen molar-refractivity contribution in [1.82, 2.24) is 0 Å². The van der Waals surface area contributed by atoms with Crippen molar-refractivity contribution in [3.63, 3.8) is 0 Å². The fraction of sp³-hybridized carbons (Fsp3) is 0.448. The summed E-state index contributed by atoms with van der Waals surface area (Å²) in [6.07, 6.45) is -4.97. The zero-order valence-corrected chi connectivity index (χ0v) is 24.4. The van der Waals surface area contributed by atoms with E-state index in [-0.39, 0.29) is 0 Å². The Bertz CT molecular complexity index is 1260. The van der Waals surface area contributed by atoms with Crippen LogP contribution in [-0.2, 0) is 59.8 Å². The fourth-order valence-electron chi connectivity index (χ4n) is 4.67. The second kappa shape index (κ2) is 13.8. The SMILES string of the molecule is COc1ccc(Cc2cc(C3(OC)O[C@H](COC(C)=O)[C@@H](OC(C)=O)[C@H](OC(C)=O)[C@H]3OC(C)=O)ccc2Cl)cc1. The first kappa shape index (κ1) is 31.9. The molecule has 0 spiro atoms. The summed E-state index contributed by atoms with van der Waals surface area (Å²) < 4.78 is 39.4. The molecule has 1 heterocycles. The minimum absolute atomic E-state index is 0.352. The molecule has 1 aliphatic heterocycles. The van der Waals surface area contributed by atoms with Crippen molar-refractivity contribution in [2.24, 2.45) is 0 Å². The van der Waals surface area contributed by atoms with Gasteiger partial charge in [0.15, 0.2) is 12.2 Å². The molecule has 222 valence electrons. The Morgan fingerprint density at radius 2 is 1.44 bits per heavy atom. The van der Waals surface area contributed by atoms with Gasteiger partial charge in [-0.05, 0) is 41.8 Å². The molecule has 1 saturated heterocycles. The maximum absolute atomic E-state index is 12.3. The summed E-state index contributed by atoms with van der Waals surface area (Å²) in [7, 11) is 2.89. The molecule has 1 fully saturated rings. The number of carbonyl (C=O) groups is 4. The molecule has 0 radical (unpaired) electrons. The van der Waals surface area contributed by atoms with Gasteiger partial charge in [-0.2, -0.15) is 0 Å². The van der Waals surface area contributed by atoms with Crippen LogP contribution in [0.5, 0.6) is 5.75 Å². The molecule has 11 nitrogen and oxygen atoms in total. The van der Waals surface area contributed by atoms with Crippen molar-refractivity contribution in [1.29, 1.82) is 0 Å². The van der Waals surface area contributed by atoms with Crippen molar-refractivity contribution in [3.05, 3.63) is 64.2 Å². The second-order valence-corrected chi connectivity index (χ2v) is 9.75. The van der Waals surface area contributed by atoms with Gasteiger partial charge >= 0.3 is 23.9 Å². The van der Waals surface area contributed by atoms with Gasteiger partial charge in [0.25, 0.3) is 0 Å². The van der Waals surface area contributed by atoms with E-state index in [1.807, 2.05) is 24.3 Å². The van der Waals surface area contributed by atoms with Gasteiger partial charge in [0, 0.05) is 45.4 Å². The van der Waals surface area contributed by atoms with Crippen molar-refractivity contribution < 1.29 is 52.3 Å². The van der Waals surface area contributed by atoms with Crippen LogP contribution in [0, 0.1) is 0 Å². The maximum Gasteiger partial charge on any atom is 0.303 e. The van der Waals surface area contributed by atoms with Crippen LogP contribution in [0.25, 0.3) is 0 Å². The molecule has 2 aromatic carbocycles. The highest BCUT2D eigenvalue weighted by Gasteiger charge is 2.61. The highest BCUT2D eigenvalue weighted by atomic mass is 35.5. The number of halogens is 1. The van der Waals surface area contributed by atoms with Gasteiger partial charge in [-0.25, -0.2) is 0 Å². The number of methoxy groups -OCH3 is 2. The quantitative estimate of drug-likeness (QED) is 0.296. The Morgan fingerprint density at radius 3 is 1.98 bits per heavy atom. The number of hydrogen-bond acceptors (Lipinski definition) is 11. The van der Waals surface area contributed by atoms with E-state index < -0.39 is 60.7 Å². The van der Waals surface area contributed by atoms with Crippen LogP contribution in [0.4, 0.5) is 0 Å². The van der Waals surface area contributed by atoms with Gasteiger partial charge in [0.2, 0.25) is 11.9 Å². The predicted molar refractivity (Wildman–Crippen MR) is 144 cm³/mol. The van der Waals surface area contributed by atoms with E-state index in [1.165, 1.54) is 14.0 Å². The third-order valence-electron chi connectivity index (χ3n) is 6.34. The third-order valence-corrected chi connectivity index (χ3v) is 6.71. The first-order valence-corrected chi connectivity index (χ1v) is 13.1. The molecular weight excluding hydrogens is 560 g/mol. The highest BCUT2D eigenvalue weighted by molar-refractivity contribution is 6.31. The smallest absolute Gasteiger partial charge is 0.303 e. The van der Waals surface area contributed by atoms with E-state index in [2.05, 4.69) is 0 Å². The van der Waals surface area contributed by atoms with Gasteiger partial charge in [0.1, 0.15) is 18.5 Å². The molecule has 1 aliphatic rings. The molecular formula is C29H33ClO11. The van der Waals surface area contributed by atoms with Gasteiger partial charge in [0.05, 0.1) is 7.11 Å². The van der Waals surface area contributed by atoms with Gasteiger partial charge < -0.3 is 33.2 Å². The lowest BCUT2D eigenvalue weighted by atomic mass is 9.86. The van der Waals surface area contributed by atoms with Crippen LogP contribution >= 0.6 is 11.6 Å². The fourth-order valence-corrected chi connectivity index (χ4v) is 4.86. The minimum Gasteiger partial charge on any atom is -0.497 e. The van der Waals surface area contributed by atoms with Gasteiger partial charge in [-0.3, -0.25) is 19.2 Å². The zero-order valence-electron chi connectivity index (χ0n) is 23.6. The number of esters is 4. The number of hydrogen-bond donors (Lipinski definition) is 0. The average Bonchev–Trinajstić information content (AvgIpc) is 2.91. The summed E-state index contributed by atoms with van der Waals surface area (Å²) in [5.41, 5.74) is 1.96. The van der Waals surface area contributed by atoms with Crippen LogP contribution < -0.4 is 4.74 Å². The summed E-state index contributed by atoms with van der Waals surface area (Å²) in [5, 5.41) is 0.446. The molecule has 3 rings (SSSR count). The first-order chi connectivity index (χ1) is 19.4. The Kier molecular flexibility index (Phi) is 10.7. The largest absolute Gasteiger partial charge is 0.497 e. The van der Waals surface area contributed by atoms with E-state index in [4.69, 9.17) is 44.8 Å². The molecule has 12 heteroatoms. The first-order valence-electron chi connectivity index (χ1n) is 12.7. The van der Waals surface area contributed by atoms with E-state index in [9.17, 15) is 19.2 Å². The van der Waals surface area contributed by atoms with E-state index in [0.29, 0.717) is 28.3 Å². The summed E-state index contributed by atoms with van der Waals surface area (Å²) in [6.45, 7) is 4.26. The Balaban J connectivity index is 2.17. The molecule has 2 aromatic rings. The second-order valence-electron chi connectivity index (χ2n) is 9.34. The van der Waals surface area contributed by atoms with Crippen molar-refractivity contribution in [2.45, 2.75) is 64.3 Å². The molecule has 0 bridgehead atoms. The number of benzene rings is 2. The van der Waals surface area contributed by atoms with Gasteiger partial charge in [-0.1, -0.05) is 29.8 Å². The van der Waals surface area contributed by atoms with Gasteiger partial charge in [-0.15, -0.1) is 0 Å². The summed E-state index contributed by atoms with van der Waals surface area (Å²) in [4.78, 5) is 48.3. The Morgan fingerprint density at radius 1 is 0.829 bits per heavy atom. The maximum atomic E-state index is 12.3. The lowest BCUT2D eigenvalue weighted by Crippen LogP contribution is -2.67. The van der Waals surface area contributed by atoms with Crippen molar-refractivity contribution in [3.8, 4) is 5.75 Å². The predicted octanol–water partition coefficient (Wildman–Crippen LogP) is 3.50. The number of carbonyl (C=O) groups excluding carboxylic acids is 4. The highest BCUT2D eigenvalue weighted by Crippen LogP contribution is 2.44. The molecule has 0 aliphatic carbocycles. The number of rotatable bonds is 10. The van der Waals surface area contributed by atoms with Crippen LogP contribution in [0.3, 0.4) is 0 Å². The lowest BCUT2D eigenvalue weighted by molar-refractivity contribution is -0.367. The van der Waals surface area contributed by atoms with Crippen molar-refractivity contribution >= 4 is 35.5 Å². The number of ether oxygens (including phenoxy) is 7. The molecule has 41 heavy (non-hydrogen) atoms. The normalized spacial score (nSPS) is 23.7. The minimum atomic E-state index is -1.91. The molecule has 1 unspecified atom stereocenters. The van der Waals surface area contributed by atoms with Crippen LogP contribution in [0.1, 0.15) is 44.4 Å². The summed E-state index contributed by atoms with van der Waals surface area (Å²) in [6, 6.07) is 12.4. The molecule has 0 aromatic heterocycles. The molecule has 0 saturated carbocycles. The summed E-state index contributed by atoms with van der Waals surface area (Å²) >= 11 is 6.57. The van der Waals surface area contributed by atoms with Crippen LogP contribution in [0.2, 0.25) is 5.02 Å². The topological polar surface area (TPSA) is 133 Å². The summed E-state index contributed by atoms with van der Waals surface area (Å²) in [5.74, 6) is -4.07.